The zero-order chi connectivity index (χ0) is 29.2. The number of allylic oxidation sites excluding steroid dienone is 1. The van der Waals surface area contributed by atoms with Gasteiger partial charge in [0.05, 0.1) is 32.2 Å². The molecule has 2 bridgehead atoms. The molecule has 2 aliphatic heterocycles. The largest absolute Gasteiger partial charge is 0.481 e. The lowest BCUT2D eigenvalue weighted by Crippen LogP contribution is -2.79. The minimum atomic E-state index is -2.32. The molecule has 3 N–H and O–H groups in total. The van der Waals surface area contributed by atoms with Crippen LogP contribution < -0.4 is 0 Å². The predicted octanol–water partition coefficient (Wildman–Crippen LogP) is 0.412. The molecule has 2 saturated heterocycles. The quantitative estimate of drug-likeness (QED) is 0.225. The Balaban J connectivity index is 1.95. The molecule has 0 amide bonds. The van der Waals surface area contributed by atoms with Crippen molar-refractivity contribution in [2.24, 2.45) is 34.5 Å². The van der Waals surface area contributed by atoms with E-state index in [2.05, 4.69) is 0 Å². The second-order valence-electron chi connectivity index (χ2n) is 11.9. The van der Waals surface area contributed by atoms with Crippen molar-refractivity contribution in [3.63, 3.8) is 0 Å². The molecule has 4 aliphatic rings. The number of Topliss-reactive ketones (excluding diaryl/α,β-unsaturated/α-hetero) is 1. The predicted molar refractivity (Wildman–Crippen MR) is 130 cm³/mol. The number of carboxylic acids is 1. The first-order chi connectivity index (χ1) is 18.1. The van der Waals surface area contributed by atoms with Gasteiger partial charge in [-0.15, -0.1) is 0 Å². The number of ketones is 1. The standard InChI is InChI=1S/C27H36O12/c1-11(2)12(3)7-17(31)39-19-21-26-10-37-27(21,24(35)36-6)22(33)18(32)20(26)25(5,9-16(29)30)14(13(4)28)8-15(26)38-23(19)34/h7,11,14-15,18-22,32-33H,8-10H2,1-6H3,(H,29,30)/b12-7+. The molecule has 2 saturated carbocycles. The summed E-state index contributed by atoms with van der Waals surface area (Å²) in [5.74, 6) is -8.18. The van der Waals surface area contributed by atoms with Gasteiger partial charge in [-0.2, -0.15) is 0 Å². The van der Waals surface area contributed by atoms with Crippen molar-refractivity contribution in [2.75, 3.05) is 13.7 Å². The van der Waals surface area contributed by atoms with E-state index in [9.17, 15) is 39.3 Å². The second kappa shape index (κ2) is 9.67. The first-order valence-corrected chi connectivity index (χ1v) is 13.0. The van der Waals surface area contributed by atoms with Crippen LogP contribution in [0.1, 0.15) is 47.5 Å². The third kappa shape index (κ3) is 3.93. The summed E-state index contributed by atoms with van der Waals surface area (Å²) in [6, 6.07) is 0. The summed E-state index contributed by atoms with van der Waals surface area (Å²) in [6.45, 7) is 7.90. The van der Waals surface area contributed by atoms with Gasteiger partial charge in [0.2, 0.25) is 11.7 Å². The summed E-state index contributed by atoms with van der Waals surface area (Å²) in [5.41, 5.74) is -4.60. The SMILES string of the molecule is COC(=O)C12OCC34C(CC(C(C)=O)C(C)(CC(=O)O)C3C(O)C1O)OC(=O)C(OC(=O)/C=C(\C)C(C)C)C24. The zero-order valence-corrected chi connectivity index (χ0v) is 22.8. The number of esters is 3. The van der Waals surface area contributed by atoms with Crippen LogP contribution >= 0.6 is 0 Å². The molecule has 39 heavy (non-hydrogen) atoms. The smallest absolute Gasteiger partial charge is 0.348 e. The summed E-state index contributed by atoms with van der Waals surface area (Å²) < 4.78 is 22.3. The normalized spacial score (nSPS) is 42.8. The van der Waals surface area contributed by atoms with Crippen LogP contribution in [0.4, 0.5) is 0 Å². The molecule has 4 rings (SSSR count). The van der Waals surface area contributed by atoms with Gasteiger partial charge < -0.3 is 34.3 Å². The topological polar surface area (TPSA) is 183 Å². The molecule has 0 radical (unpaired) electrons. The van der Waals surface area contributed by atoms with Crippen molar-refractivity contribution in [1.29, 1.82) is 0 Å². The molecule has 4 fully saturated rings. The fourth-order valence-electron chi connectivity index (χ4n) is 7.84. The molecule has 12 nitrogen and oxygen atoms in total. The van der Waals surface area contributed by atoms with E-state index in [1.807, 2.05) is 13.8 Å². The Morgan fingerprint density at radius 2 is 1.79 bits per heavy atom. The highest BCUT2D eigenvalue weighted by Gasteiger charge is 2.85. The van der Waals surface area contributed by atoms with Crippen LogP contribution in [0.25, 0.3) is 0 Å². The minimum Gasteiger partial charge on any atom is -0.481 e. The molecule has 1 spiro atoms. The average Bonchev–Trinajstić information content (AvgIpc) is 3.14. The molecule has 0 aromatic heterocycles. The lowest BCUT2D eigenvalue weighted by Gasteiger charge is -2.66. The van der Waals surface area contributed by atoms with E-state index in [0.717, 1.165) is 7.11 Å². The van der Waals surface area contributed by atoms with Gasteiger partial charge in [-0.1, -0.05) is 26.3 Å². The third-order valence-electron chi connectivity index (χ3n) is 9.66. The number of aliphatic hydroxyl groups excluding tert-OH is 2. The Morgan fingerprint density at radius 1 is 1.15 bits per heavy atom. The monoisotopic (exact) mass is 552 g/mol. The summed E-state index contributed by atoms with van der Waals surface area (Å²) in [7, 11) is 1.05. The minimum absolute atomic E-state index is 0.00521. The number of hydrogen-bond acceptors (Lipinski definition) is 11. The maximum absolute atomic E-state index is 13.4. The molecule has 10 unspecified atom stereocenters. The first kappa shape index (κ1) is 29.2. The van der Waals surface area contributed by atoms with Crippen LogP contribution in [-0.2, 0) is 42.9 Å². The Kier molecular flexibility index (Phi) is 7.23. The highest BCUT2D eigenvalue weighted by Crippen LogP contribution is 2.71. The number of ether oxygens (including phenoxy) is 4. The van der Waals surface area contributed by atoms with Crippen LogP contribution in [0.2, 0.25) is 0 Å². The Morgan fingerprint density at radius 3 is 2.33 bits per heavy atom. The number of carbonyl (C=O) groups is 5. The van der Waals surface area contributed by atoms with E-state index in [1.54, 1.807) is 6.92 Å². The van der Waals surface area contributed by atoms with Crippen molar-refractivity contribution in [1.82, 2.24) is 0 Å². The van der Waals surface area contributed by atoms with E-state index >= 15 is 0 Å². The number of carboxylic acid groups (broad SMARTS) is 1. The number of carbonyl (C=O) groups excluding carboxylic acids is 4. The van der Waals surface area contributed by atoms with Crippen LogP contribution in [0.15, 0.2) is 11.6 Å². The van der Waals surface area contributed by atoms with E-state index in [-0.39, 0.29) is 24.7 Å². The number of hydrogen-bond donors (Lipinski definition) is 3. The maximum Gasteiger partial charge on any atom is 0.348 e. The molecule has 2 heterocycles. The average molecular weight is 553 g/mol. The molecular formula is C27H36O12. The number of aliphatic hydroxyl groups is 2. The van der Waals surface area contributed by atoms with Gasteiger partial charge in [0, 0.05) is 23.3 Å². The highest BCUT2D eigenvalue weighted by molar-refractivity contribution is 5.90. The van der Waals surface area contributed by atoms with Crippen LogP contribution in [0, 0.1) is 34.5 Å². The van der Waals surface area contributed by atoms with Crippen molar-refractivity contribution in [3.8, 4) is 0 Å². The lowest BCUT2D eigenvalue weighted by atomic mass is 9.39. The zero-order valence-electron chi connectivity index (χ0n) is 22.8. The van der Waals surface area contributed by atoms with Crippen molar-refractivity contribution >= 4 is 29.7 Å². The van der Waals surface area contributed by atoms with Gasteiger partial charge >= 0.3 is 23.9 Å². The number of rotatable bonds is 7. The summed E-state index contributed by atoms with van der Waals surface area (Å²) in [5, 5.41) is 32.9. The van der Waals surface area contributed by atoms with Crippen LogP contribution in [0.3, 0.4) is 0 Å². The second-order valence-corrected chi connectivity index (χ2v) is 11.9. The van der Waals surface area contributed by atoms with Crippen molar-refractivity contribution in [3.05, 3.63) is 11.6 Å². The summed E-state index contributed by atoms with van der Waals surface area (Å²) in [4.78, 5) is 64.6. The number of methoxy groups -OCH3 is 1. The maximum atomic E-state index is 13.4. The molecule has 10 atom stereocenters. The van der Waals surface area contributed by atoms with Gasteiger partial charge in [-0.25, -0.2) is 14.4 Å². The van der Waals surface area contributed by atoms with Gasteiger partial charge in [-0.3, -0.25) is 9.59 Å². The summed E-state index contributed by atoms with van der Waals surface area (Å²) in [6.07, 6.45) is -6.09. The molecule has 0 aromatic carbocycles. The molecular weight excluding hydrogens is 516 g/mol. The van der Waals surface area contributed by atoms with E-state index in [4.69, 9.17) is 18.9 Å². The van der Waals surface area contributed by atoms with Crippen molar-refractivity contribution < 1.29 is 58.2 Å². The highest BCUT2D eigenvalue weighted by atomic mass is 16.6. The van der Waals surface area contributed by atoms with E-state index < -0.39 is 88.9 Å². The molecule has 0 aromatic rings. The Hall–Kier alpha value is -2.83. The van der Waals surface area contributed by atoms with Gasteiger partial charge in [0.25, 0.3) is 0 Å². The van der Waals surface area contributed by atoms with E-state index in [1.165, 1.54) is 19.9 Å². The lowest BCUT2D eigenvalue weighted by molar-refractivity contribution is -0.290. The van der Waals surface area contributed by atoms with Gasteiger partial charge in [0.1, 0.15) is 18.0 Å². The fourth-order valence-corrected chi connectivity index (χ4v) is 7.84. The van der Waals surface area contributed by atoms with Crippen LogP contribution in [-0.4, -0.2) is 88.7 Å². The van der Waals surface area contributed by atoms with Crippen molar-refractivity contribution in [2.45, 2.75) is 77.5 Å². The molecule has 2 aliphatic carbocycles. The number of aliphatic carboxylic acids is 1. The Labute approximate surface area is 225 Å². The molecule has 12 heteroatoms. The summed E-state index contributed by atoms with van der Waals surface area (Å²) >= 11 is 0. The third-order valence-corrected chi connectivity index (χ3v) is 9.66. The van der Waals surface area contributed by atoms with E-state index in [0.29, 0.717) is 5.57 Å². The Bertz CT molecular complexity index is 1130. The van der Waals surface area contributed by atoms with Gasteiger partial charge in [0.15, 0.2) is 0 Å². The van der Waals surface area contributed by atoms with Crippen LogP contribution in [0.5, 0.6) is 0 Å². The fraction of sp³-hybridized carbons (Fsp3) is 0.741. The molecule has 216 valence electrons. The first-order valence-electron chi connectivity index (χ1n) is 13.0. The van der Waals surface area contributed by atoms with Gasteiger partial charge in [-0.05, 0) is 31.6 Å².